The summed E-state index contributed by atoms with van der Waals surface area (Å²) >= 11 is 0. The van der Waals surface area contributed by atoms with Crippen molar-refractivity contribution in [3.63, 3.8) is 0 Å². The maximum atomic E-state index is 2.44. The molecule has 17 unspecified atom stereocenters. The van der Waals surface area contributed by atoms with Crippen LogP contribution in [0.2, 0.25) is 0 Å². The Balaban J connectivity index is -0.0000000411. The number of hydrogen-bond acceptors (Lipinski definition) is 0. The largest absolute Gasteiger partial charge is 2.00 e. The van der Waals surface area contributed by atoms with Crippen molar-refractivity contribution in [1.29, 1.82) is 0 Å². The van der Waals surface area contributed by atoms with Gasteiger partial charge in [0.15, 0.2) is 0 Å². The minimum Gasteiger partial charge on any atom is -0.358 e. The second-order valence-corrected chi connectivity index (χ2v) is 44.8. The first-order valence-electron chi connectivity index (χ1n) is 50.5. The normalized spacial score (nSPS) is 24.2. The van der Waals surface area contributed by atoms with Crippen LogP contribution >= 0.6 is 0 Å². The van der Waals surface area contributed by atoms with Gasteiger partial charge in [0.05, 0.1) is 0 Å². The Morgan fingerprint density at radius 3 is 0.701 bits per heavy atom. The Labute approximate surface area is 903 Å². The Hall–Kier alpha value is 3.74. The van der Waals surface area contributed by atoms with E-state index >= 15 is 0 Å². The van der Waals surface area contributed by atoms with Crippen molar-refractivity contribution < 1.29 is 117 Å². The van der Waals surface area contributed by atoms with E-state index in [0.29, 0.717) is 32.5 Å². The molecule has 0 aromatic heterocycles. The predicted molar refractivity (Wildman–Crippen MR) is 591 cm³/mol. The van der Waals surface area contributed by atoms with E-state index in [4.69, 9.17) is 0 Å². The summed E-state index contributed by atoms with van der Waals surface area (Å²) in [6, 6.07) is 0. The van der Waals surface area contributed by atoms with Gasteiger partial charge in [0.1, 0.15) is 0 Å². The first-order chi connectivity index (χ1) is 50.5. The minimum atomic E-state index is 0. The third-order valence-electron chi connectivity index (χ3n) is 29.3. The Bertz CT molecular complexity index is 1790. The van der Waals surface area contributed by atoms with E-state index in [1.807, 2.05) is 0 Å². The van der Waals surface area contributed by atoms with Gasteiger partial charge in [-0.2, -0.15) is 0 Å². The molecule has 0 aromatic rings. The molecule has 6 saturated carbocycles. The summed E-state index contributed by atoms with van der Waals surface area (Å²) < 4.78 is 0. The van der Waals surface area contributed by atoms with E-state index in [9.17, 15) is 0 Å². The van der Waals surface area contributed by atoms with Crippen LogP contribution in [0.4, 0.5) is 0 Å². The van der Waals surface area contributed by atoms with Crippen LogP contribution < -0.4 is 0 Å². The molecule has 6 aliphatic carbocycles. The topological polar surface area (TPSA) is 0 Å². The van der Waals surface area contributed by atoms with Crippen LogP contribution in [-0.4, -0.2) is 0 Å². The van der Waals surface area contributed by atoms with E-state index in [1.54, 1.807) is 0 Å². The van der Waals surface area contributed by atoms with Crippen molar-refractivity contribution in [2.45, 2.75) is 561 Å². The summed E-state index contributed by atoms with van der Waals surface area (Å²) in [4.78, 5) is 0. The third kappa shape index (κ3) is 112. The summed E-state index contributed by atoms with van der Waals surface area (Å²) in [7, 11) is 0. The summed E-state index contributed by atoms with van der Waals surface area (Å²) in [5.41, 5.74) is 3.75. The molecule has 6 fully saturated rings. The van der Waals surface area contributed by atoms with Crippen LogP contribution in [0.15, 0.2) is 0 Å². The average molecular weight is 2330 g/mol. The van der Waals surface area contributed by atoms with Gasteiger partial charge in [0, 0.05) is 0 Å². The van der Waals surface area contributed by atoms with Crippen molar-refractivity contribution in [3.8, 4) is 0 Å². The standard InChI is InChI=1S/2C12H24.3C11H22.C10H20.6C7H16.12CH3.6Ru/c1-6-11-8-12(4,5)7-9(2)10(11)3;1-6-11-9(2)7-12(4,5)8-10(11)3;1-5-10-6-9(2)7-11(3,4)8-10;1-5-10-6-7-11(3,4)8-9(10)2;1-5-10-8-11(3,4)7-6-9(10)2;1-4-9-5-7-10(2,3)8-6-9;6*1-4-6-7(3)5-2;;;;;;;;;;;;;;;;;;/h2*9-11H,6-8H2,1-5H3;3*9-10H,5-8H2,1-4H3;9H,4-8H2,1-3H3;6*7H,4-6H2,1-3H3;12*1H3;;;;;;/q;;;;;;;;;;;;12*-1;6*+2. The molecule has 0 spiro atoms. The molecule has 0 aliphatic heterocycles. The fraction of sp³-hybridized carbons (Fsp3) is 0.901. The van der Waals surface area contributed by atoms with Gasteiger partial charge in [-0.15, -0.1) is 0 Å². The zero-order valence-electron chi connectivity index (χ0n) is 100. The molecule has 0 radical (unpaired) electrons. The predicted octanol–water partition coefficient (Wildman–Crippen LogP) is 45.8. The summed E-state index contributed by atoms with van der Waals surface area (Å²) in [6.45, 7) is 101. The molecule has 6 rings (SSSR count). The summed E-state index contributed by atoms with van der Waals surface area (Å²) in [5, 5.41) is 0. The molecule has 0 amide bonds. The molecule has 0 saturated heterocycles. The Morgan fingerprint density at radius 1 is 0.220 bits per heavy atom. The van der Waals surface area contributed by atoms with Gasteiger partial charge >= 0.3 is 117 Å². The average Bonchev–Trinajstić information content (AvgIpc) is 0.822. The number of hydrogen-bond donors (Lipinski definition) is 0. The smallest absolute Gasteiger partial charge is 0.358 e. The monoisotopic (exact) mass is 2330 g/mol. The van der Waals surface area contributed by atoms with Crippen molar-refractivity contribution in [3.05, 3.63) is 89.1 Å². The van der Waals surface area contributed by atoms with E-state index < -0.39 is 0 Å². The molecule has 0 heterocycles. The third-order valence-corrected chi connectivity index (χ3v) is 29.3. The zero-order chi connectivity index (χ0) is 86.0. The van der Waals surface area contributed by atoms with Crippen LogP contribution in [-0.2, 0) is 117 Å². The van der Waals surface area contributed by atoms with Gasteiger partial charge in [0.2, 0.25) is 0 Å². The van der Waals surface area contributed by atoms with Crippen LogP contribution in [0, 0.1) is 234 Å². The molecular weight excluding hydrogens is 2060 g/mol. The van der Waals surface area contributed by atoms with Gasteiger partial charge in [-0.25, -0.2) is 0 Å². The molecule has 17 atom stereocenters. The van der Waals surface area contributed by atoms with Crippen molar-refractivity contribution in [2.24, 2.45) is 145 Å². The van der Waals surface area contributed by atoms with Crippen molar-refractivity contribution in [1.82, 2.24) is 0 Å². The van der Waals surface area contributed by atoms with Crippen LogP contribution in [0.3, 0.4) is 0 Å². The molecular formula is C121H266Ru6. The molecule has 127 heavy (non-hydrogen) atoms. The molecule has 6 aliphatic rings. The SMILES string of the molecule is CCC1C(C)CC(C)(C)CC1C.CCC1CC(C)(C)CC(C)C1C.CCC1CC(C)(C)CCC1C.CCC1CC(C)CC(C)(C)C1.CCC1CCC(C)(C)CC1.CCC1CCC(C)(C)CC1C.CCCC(C)CC.CCCC(C)CC.CCCC(C)CC.CCCC(C)CC.CCCC(C)CC.CCCC(C)CC.[CH3-].[CH3-].[CH3-].[CH3-].[CH3-].[CH3-].[CH3-].[CH3-].[CH3-].[CH3-].[CH3-].[CH3-].[Ru+2].[Ru+2].[Ru+2].[Ru+2].[Ru+2].[Ru+2]. The summed E-state index contributed by atoms with van der Waals surface area (Å²) in [6.07, 6.45) is 57.4. The van der Waals surface area contributed by atoms with Crippen LogP contribution in [0.25, 0.3) is 0 Å². The fourth-order valence-corrected chi connectivity index (χ4v) is 20.4. The molecule has 0 aromatic carbocycles. The zero-order valence-corrected chi connectivity index (χ0v) is 111. The molecule has 0 bridgehead atoms. The minimum absolute atomic E-state index is 0. The molecule has 6 heteroatoms. The first kappa shape index (κ1) is 193. The van der Waals surface area contributed by atoms with Gasteiger partial charge in [-0.05, 0) is 254 Å². The molecule has 798 valence electrons. The maximum Gasteiger partial charge on any atom is 2.00 e. The van der Waals surface area contributed by atoms with Gasteiger partial charge in [-0.3, -0.25) is 0 Å². The Kier molecular flexibility index (Phi) is 172. The van der Waals surface area contributed by atoms with Gasteiger partial charge < -0.3 is 89.1 Å². The second kappa shape index (κ2) is 113. The Morgan fingerprint density at radius 2 is 0.465 bits per heavy atom. The van der Waals surface area contributed by atoms with Crippen molar-refractivity contribution >= 4 is 0 Å². The quantitative estimate of drug-likeness (QED) is 0.0667. The second-order valence-electron chi connectivity index (χ2n) is 44.8. The fourth-order valence-electron chi connectivity index (χ4n) is 20.4. The molecule has 0 nitrogen and oxygen atoms in total. The van der Waals surface area contributed by atoms with E-state index in [0.717, 1.165) is 112 Å². The number of rotatable bonds is 24. The first-order valence-corrected chi connectivity index (χ1v) is 50.5. The maximum absolute atomic E-state index is 2.44. The van der Waals surface area contributed by atoms with Crippen LogP contribution in [0.5, 0.6) is 0 Å². The van der Waals surface area contributed by atoms with Crippen molar-refractivity contribution in [2.75, 3.05) is 0 Å². The van der Waals surface area contributed by atoms with Gasteiger partial charge in [0.25, 0.3) is 0 Å². The van der Waals surface area contributed by atoms with E-state index in [1.165, 1.54) is 263 Å². The van der Waals surface area contributed by atoms with Gasteiger partial charge in [-0.1, -0.05) is 452 Å². The van der Waals surface area contributed by atoms with E-state index in [-0.39, 0.29) is 206 Å². The summed E-state index contributed by atoms with van der Waals surface area (Å²) in [5.74, 6) is 18.4. The van der Waals surface area contributed by atoms with Crippen LogP contribution in [0.1, 0.15) is 561 Å². The molecule has 0 N–H and O–H groups in total. The van der Waals surface area contributed by atoms with E-state index in [2.05, 4.69) is 298 Å².